The van der Waals surface area contributed by atoms with Gasteiger partial charge in [-0.05, 0) is 49.9 Å². The van der Waals surface area contributed by atoms with Gasteiger partial charge in [0.1, 0.15) is 0 Å². The van der Waals surface area contributed by atoms with Crippen LogP contribution < -0.4 is 15.8 Å². The topological polar surface area (TPSA) is 101 Å². The standard InChI is InChI=1S/C14H21N3O3S/c1-9-7-12(21(15,19)20)8-13(10(9)2)17-14(18)5-6-16-11-3-4-11/h7-8,11,16H,3-6H2,1-2H3,(H,17,18)(H2,15,19,20). The number of carbonyl (C=O) groups excluding carboxylic acids is 1. The fraction of sp³-hybridized carbons (Fsp3) is 0.500. The minimum absolute atomic E-state index is 0.0111. The molecule has 0 heterocycles. The van der Waals surface area contributed by atoms with Crippen molar-refractivity contribution in [3.8, 4) is 0 Å². The number of carbonyl (C=O) groups is 1. The van der Waals surface area contributed by atoms with Gasteiger partial charge in [0.25, 0.3) is 0 Å². The van der Waals surface area contributed by atoms with Crippen molar-refractivity contribution in [1.29, 1.82) is 0 Å². The van der Waals surface area contributed by atoms with Crippen LogP contribution in [0.25, 0.3) is 0 Å². The molecule has 1 aliphatic rings. The van der Waals surface area contributed by atoms with E-state index in [0.29, 0.717) is 24.7 Å². The van der Waals surface area contributed by atoms with Gasteiger partial charge in [0.15, 0.2) is 0 Å². The first-order valence-electron chi connectivity index (χ1n) is 6.94. The number of aryl methyl sites for hydroxylation is 1. The molecule has 1 fully saturated rings. The number of benzene rings is 1. The summed E-state index contributed by atoms with van der Waals surface area (Å²) in [6.45, 7) is 4.25. The molecule has 0 spiro atoms. The summed E-state index contributed by atoms with van der Waals surface area (Å²) in [5.74, 6) is -0.141. The number of sulfonamides is 1. The van der Waals surface area contributed by atoms with Gasteiger partial charge in [-0.2, -0.15) is 0 Å². The minimum atomic E-state index is -3.78. The van der Waals surface area contributed by atoms with E-state index in [-0.39, 0.29) is 10.8 Å². The quantitative estimate of drug-likeness (QED) is 0.730. The fourth-order valence-electron chi connectivity index (χ4n) is 2.01. The third kappa shape index (κ3) is 4.52. The summed E-state index contributed by atoms with van der Waals surface area (Å²) < 4.78 is 22.9. The van der Waals surface area contributed by atoms with Crippen LogP contribution in [0.15, 0.2) is 17.0 Å². The van der Waals surface area contributed by atoms with E-state index in [1.165, 1.54) is 25.0 Å². The van der Waals surface area contributed by atoms with Gasteiger partial charge in [0.2, 0.25) is 15.9 Å². The van der Waals surface area contributed by atoms with Gasteiger partial charge in [0, 0.05) is 24.7 Å². The molecule has 21 heavy (non-hydrogen) atoms. The Morgan fingerprint density at radius 1 is 1.33 bits per heavy atom. The van der Waals surface area contributed by atoms with Crippen LogP contribution in [0.2, 0.25) is 0 Å². The van der Waals surface area contributed by atoms with Gasteiger partial charge in [-0.1, -0.05) is 0 Å². The van der Waals surface area contributed by atoms with Crippen molar-refractivity contribution in [3.63, 3.8) is 0 Å². The molecule has 0 saturated heterocycles. The molecule has 7 heteroatoms. The summed E-state index contributed by atoms with van der Waals surface area (Å²) in [5, 5.41) is 11.2. The molecule has 0 atom stereocenters. The lowest BCUT2D eigenvalue weighted by Crippen LogP contribution is -2.23. The number of nitrogens with one attached hydrogen (secondary N) is 2. The highest BCUT2D eigenvalue weighted by molar-refractivity contribution is 7.89. The molecule has 0 bridgehead atoms. The van der Waals surface area contributed by atoms with Gasteiger partial charge in [-0.3, -0.25) is 4.79 Å². The van der Waals surface area contributed by atoms with Gasteiger partial charge in [0.05, 0.1) is 4.90 Å². The Balaban J connectivity index is 2.07. The Morgan fingerprint density at radius 2 is 2.00 bits per heavy atom. The largest absolute Gasteiger partial charge is 0.326 e. The Kier molecular flexibility index (Phi) is 4.65. The summed E-state index contributed by atoms with van der Waals surface area (Å²) in [6.07, 6.45) is 2.71. The van der Waals surface area contributed by atoms with E-state index in [1.54, 1.807) is 6.92 Å². The molecule has 116 valence electrons. The normalized spacial score (nSPS) is 15.0. The maximum absolute atomic E-state index is 11.9. The number of nitrogens with two attached hydrogens (primary N) is 1. The van der Waals surface area contributed by atoms with Crippen LogP contribution in [0.3, 0.4) is 0 Å². The molecule has 1 aliphatic carbocycles. The van der Waals surface area contributed by atoms with E-state index >= 15 is 0 Å². The number of primary sulfonamides is 1. The summed E-state index contributed by atoms with van der Waals surface area (Å²) in [7, 11) is -3.78. The molecule has 1 aromatic rings. The fourth-order valence-corrected chi connectivity index (χ4v) is 2.63. The number of amides is 1. The van der Waals surface area contributed by atoms with Gasteiger partial charge < -0.3 is 10.6 Å². The highest BCUT2D eigenvalue weighted by Gasteiger charge is 2.20. The lowest BCUT2D eigenvalue weighted by molar-refractivity contribution is -0.116. The van der Waals surface area contributed by atoms with Gasteiger partial charge in [-0.25, -0.2) is 13.6 Å². The monoisotopic (exact) mass is 311 g/mol. The third-order valence-corrected chi connectivity index (χ3v) is 4.50. The zero-order chi connectivity index (χ0) is 15.6. The SMILES string of the molecule is Cc1cc(S(N)(=O)=O)cc(NC(=O)CCNC2CC2)c1C. The summed E-state index contributed by atoms with van der Waals surface area (Å²) >= 11 is 0. The van der Waals surface area contributed by atoms with Crippen LogP contribution >= 0.6 is 0 Å². The second kappa shape index (κ2) is 6.13. The second-order valence-corrected chi connectivity index (χ2v) is 7.05. The molecule has 1 amide bonds. The molecule has 2 rings (SSSR count). The first kappa shape index (κ1) is 15.9. The molecule has 1 aromatic carbocycles. The van der Waals surface area contributed by atoms with E-state index in [1.807, 2.05) is 6.92 Å². The van der Waals surface area contributed by atoms with Crippen LogP contribution in [0, 0.1) is 13.8 Å². The van der Waals surface area contributed by atoms with Crippen LogP contribution in [-0.4, -0.2) is 26.9 Å². The van der Waals surface area contributed by atoms with E-state index in [2.05, 4.69) is 10.6 Å². The minimum Gasteiger partial charge on any atom is -0.326 e. The predicted molar refractivity (Wildman–Crippen MR) is 81.6 cm³/mol. The zero-order valence-electron chi connectivity index (χ0n) is 12.3. The second-order valence-electron chi connectivity index (χ2n) is 5.48. The van der Waals surface area contributed by atoms with E-state index in [0.717, 1.165) is 11.1 Å². The highest BCUT2D eigenvalue weighted by Crippen LogP contribution is 2.23. The van der Waals surface area contributed by atoms with Crippen molar-refractivity contribution in [2.45, 2.75) is 44.0 Å². The van der Waals surface area contributed by atoms with Crippen molar-refractivity contribution in [2.75, 3.05) is 11.9 Å². The van der Waals surface area contributed by atoms with Crippen molar-refractivity contribution in [2.24, 2.45) is 5.14 Å². The number of hydrogen-bond acceptors (Lipinski definition) is 4. The first-order valence-corrected chi connectivity index (χ1v) is 8.49. The Morgan fingerprint density at radius 3 is 2.57 bits per heavy atom. The van der Waals surface area contributed by atoms with Crippen LogP contribution in [0.5, 0.6) is 0 Å². The van der Waals surface area contributed by atoms with E-state index in [4.69, 9.17) is 5.14 Å². The summed E-state index contributed by atoms with van der Waals surface area (Å²) in [4.78, 5) is 11.9. The average Bonchev–Trinajstić information content (AvgIpc) is 3.17. The Hall–Kier alpha value is -1.44. The lowest BCUT2D eigenvalue weighted by Gasteiger charge is -2.13. The molecule has 0 aliphatic heterocycles. The van der Waals surface area contributed by atoms with Crippen LogP contribution in [0.4, 0.5) is 5.69 Å². The zero-order valence-corrected chi connectivity index (χ0v) is 13.1. The molecule has 0 unspecified atom stereocenters. The van der Waals surface area contributed by atoms with Gasteiger partial charge in [-0.15, -0.1) is 0 Å². The van der Waals surface area contributed by atoms with Crippen molar-refractivity contribution in [3.05, 3.63) is 23.3 Å². The number of hydrogen-bond donors (Lipinski definition) is 3. The molecule has 0 radical (unpaired) electrons. The average molecular weight is 311 g/mol. The first-order chi connectivity index (χ1) is 9.77. The third-order valence-electron chi connectivity index (χ3n) is 3.61. The van der Waals surface area contributed by atoms with Crippen LogP contribution in [0.1, 0.15) is 30.4 Å². The molecule has 0 aromatic heterocycles. The smallest absolute Gasteiger partial charge is 0.238 e. The summed E-state index contributed by atoms with van der Waals surface area (Å²) in [6, 6.07) is 3.48. The number of rotatable bonds is 6. The Labute approximate surface area is 125 Å². The molecule has 6 nitrogen and oxygen atoms in total. The van der Waals surface area contributed by atoms with E-state index in [9.17, 15) is 13.2 Å². The molecular weight excluding hydrogens is 290 g/mol. The van der Waals surface area contributed by atoms with Crippen molar-refractivity contribution < 1.29 is 13.2 Å². The molecule has 1 saturated carbocycles. The van der Waals surface area contributed by atoms with E-state index < -0.39 is 10.0 Å². The van der Waals surface area contributed by atoms with Crippen LogP contribution in [-0.2, 0) is 14.8 Å². The predicted octanol–water partition coefficient (Wildman–Crippen LogP) is 1.03. The van der Waals surface area contributed by atoms with Crippen molar-refractivity contribution >= 4 is 21.6 Å². The summed E-state index contributed by atoms with van der Waals surface area (Å²) in [5.41, 5.74) is 2.11. The highest BCUT2D eigenvalue weighted by atomic mass is 32.2. The number of anilines is 1. The lowest BCUT2D eigenvalue weighted by atomic mass is 10.1. The molecule has 4 N–H and O–H groups in total. The molecular formula is C14H21N3O3S. The maximum atomic E-state index is 11.9. The van der Waals surface area contributed by atoms with Crippen molar-refractivity contribution in [1.82, 2.24) is 5.32 Å². The van der Waals surface area contributed by atoms with Gasteiger partial charge >= 0.3 is 0 Å². The maximum Gasteiger partial charge on any atom is 0.238 e. The Bertz CT molecular complexity index is 652.